The van der Waals surface area contributed by atoms with E-state index < -0.39 is 0 Å². The Morgan fingerprint density at radius 2 is 2.03 bits per heavy atom. The van der Waals surface area contributed by atoms with Crippen molar-refractivity contribution in [2.24, 2.45) is 5.92 Å². The number of ether oxygens (including phenoxy) is 1. The van der Waals surface area contributed by atoms with Crippen molar-refractivity contribution in [3.05, 3.63) is 65.3 Å². The highest BCUT2D eigenvalue weighted by Crippen LogP contribution is 2.55. The predicted octanol–water partition coefficient (Wildman–Crippen LogP) is 4.88. The molecule has 3 aromatic rings. The molecule has 0 unspecified atom stereocenters. The smallest absolute Gasteiger partial charge is 0.333 e. The van der Waals surface area contributed by atoms with E-state index in [1.54, 1.807) is 30.1 Å². The van der Waals surface area contributed by atoms with Crippen LogP contribution in [0.2, 0.25) is 5.02 Å². The molecule has 3 heterocycles. The summed E-state index contributed by atoms with van der Waals surface area (Å²) in [5.41, 5.74) is 7.04. The van der Waals surface area contributed by atoms with Crippen molar-refractivity contribution >= 4 is 40.3 Å². The summed E-state index contributed by atoms with van der Waals surface area (Å²) in [6, 6.07) is 7.06. The Bertz CT molecular complexity index is 1380. The zero-order valence-corrected chi connectivity index (χ0v) is 22.0. The number of rotatable bonds is 5. The van der Waals surface area contributed by atoms with E-state index >= 15 is 0 Å². The molecule has 2 N–H and O–H groups in total. The normalized spacial score (nSPS) is 20.9. The topological polar surface area (TPSA) is 101 Å². The van der Waals surface area contributed by atoms with E-state index in [4.69, 9.17) is 21.3 Å². The van der Waals surface area contributed by atoms with E-state index in [1.807, 2.05) is 26.1 Å². The number of anilines is 1. The summed E-state index contributed by atoms with van der Waals surface area (Å²) in [5, 5.41) is 3.14. The highest BCUT2D eigenvalue weighted by molar-refractivity contribution is 6.31. The number of benzene rings is 1. The van der Waals surface area contributed by atoms with E-state index in [0.29, 0.717) is 28.4 Å². The maximum atomic E-state index is 12.6. The minimum Gasteiger partial charge on any atom is -0.463 e. The molecule has 0 atom stereocenters. The van der Waals surface area contributed by atoms with Gasteiger partial charge in [-0.15, -0.1) is 0 Å². The Kier molecular flexibility index (Phi) is 6.58. The molecule has 2 aliphatic rings. The molecule has 1 aliphatic heterocycles. The predicted molar refractivity (Wildman–Crippen MR) is 143 cm³/mol. The Balaban J connectivity index is 1.48. The van der Waals surface area contributed by atoms with Crippen molar-refractivity contribution in [2.45, 2.75) is 57.6 Å². The van der Waals surface area contributed by atoms with Crippen LogP contribution < -0.4 is 15.6 Å². The lowest BCUT2D eigenvalue weighted by Crippen LogP contribution is -2.37. The molecule has 1 aliphatic carbocycles. The fraction of sp³-hybridized carbons (Fsp3) is 0.407. The molecule has 1 aromatic carbocycles. The second kappa shape index (κ2) is 9.70. The highest BCUT2D eigenvalue weighted by atomic mass is 35.5. The summed E-state index contributed by atoms with van der Waals surface area (Å²) < 4.78 is 7.15. The standard InChI is InChI=1S/C27H31ClN6O3/c1-16(2)37-25(35)18-7-10-27(11-8-18)17(3)33(23-14-30-12-9-20(23)27)15-24-31-21-6-5-19(28)13-22(21)34(24)32-26(36)29-4/h5-6,9,12-14,16,18H,3,7-8,10-11,15H2,1-2,4H3,(H2,29,32,36). The molecule has 0 radical (unpaired) electrons. The number of carbonyl (C=O) groups excluding carboxylic acids is 2. The first-order valence-corrected chi connectivity index (χ1v) is 12.9. The van der Waals surface area contributed by atoms with Gasteiger partial charge in [0.1, 0.15) is 5.82 Å². The van der Waals surface area contributed by atoms with Gasteiger partial charge >= 0.3 is 12.0 Å². The summed E-state index contributed by atoms with van der Waals surface area (Å²) in [6.07, 6.45) is 6.58. The van der Waals surface area contributed by atoms with Gasteiger partial charge in [-0.3, -0.25) is 9.78 Å². The van der Waals surface area contributed by atoms with Crippen molar-refractivity contribution in [3.8, 4) is 0 Å². The molecule has 5 rings (SSSR count). The van der Waals surface area contributed by atoms with Crippen molar-refractivity contribution < 1.29 is 14.3 Å². The van der Waals surface area contributed by atoms with Crippen molar-refractivity contribution in [1.82, 2.24) is 20.0 Å². The number of hydrogen-bond acceptors (Lipinski definition) is 6. The molecule has 2 aromatic heterocycles. The quantitative estimate of drug-likeness (QED) is 0.463. The molecule has 37 heavy (non-hydrogen) atoms. The first kappa shape index (κ1) is 25.1. The van der Waals surface area contributed by atoms with Gasteiger partial charge < -0.3 is 15.0 Å². The molecule has 0 saturated heterocycles. The van der Waals surface area contributed by atoms with Crippen LogP contribution in [0.5, 0.6) is 0 Å². The second-order valence-corrected chi connectivity index (χ2v) is 10.4. The van der Waals surface area contributed by atoms with Crippen molar-refractivity contribution in [3.63, 3.8) is 0 Å². The molecule has 10 heteroatoms. The number of urea groups is 1. The second-order valence-electron chi connectivity index (χ2n) is 9.96. The molecule has 0 bridgehead atoms. The number of nitrogens with one attached hydrogen (secondary N) is 2. The Morgan fingerprint density at radius 1 is 1.27 bits per heavy atom. The van der Waals surface area contributed by atoms with Crippen molar-refractivity contribution in [1.29, 1.82) is 0 Å². The summed E-state index contributed by atoms with van der Waals surface area (Å²) in [6.45, 7) is 8.66. The summed E-state index contributed by atoms with van der Waals surface area (Å²) in [4.78, 5) is 36.2. The zero-order chi connectivity index (χ0) is 26.3. The molecular formula is C27H31ClN6O3. The number of halogens is 1. The van der Waals surface area contributed by atoms with E-state index in [1.165, 1.54) is 0 Å². The fourth-order valence-electron chi connectivity index (χ4n) is 5.61. The van der Waals surface area contributed by atoms with Crippen LogP contribution in [0.1, 0.15) is 50.9 Å². The van der Waals surface area contributed by atoms with Gasteiger partial charge in [-0.25, -0.2) is 19.9 Å². The Morgan fingerprint density at radius 3 is 2.73 bits per heavy atom. The number of esters is 1. The number of carbonyl (C=O) groups is 2. The summed E-state index contributed by atoms with van der Waals surface area (Å²) in [5.74, 6) is 0.404. The van der Waals surface area contributed by atoms with Gasteiger partial charge in [0.25, 0.3) is 0 Å². The first-order valence-electron chi connectivity index (χ1n) is 12.5. The lowest BCUT2D eigenvalue weighted by Gasteiger charge is -2.38. The van der Waals surface area contributed by atoms with Crippen LogP contribution in [0, 0.1) is 5.92 Å². The fourth-order valence-corrected chi connectivity index (χ4v) is 5.77. The number of nitrogens with zero attached hydrogens (tertiary/aromatic N) is 4. The van der Waals surface area contributed by atoms with Crippen LogP contribution in [-0.2, 0) is 21.5 Å². The molecular weight excluding hydrogens is 492 g/mol. The van der Waals surface area contributed by atoms with Crippen LogP contribution in [-0.4, -0.2) is 39.8 Å². The van der Waals surface area contributed by atoms with E-state index in [-0.39, 0.29) is 29.4 Å². The van der Waals surface area contributed by atoms with Gasteiger partial charge in [0.2, 0.25) is 0 Å². The molecule has 1 fully saturated rings. The Labute approximate surface area is 220 Å². The van der Waals surface area contributed by atoms with Crippen LogP contribution in [0.3, 0.4) is 0 Å². The van der Waals surface area contributed by atoms with E-state index in [0.717, 1.165) is 42.6 Å². The zero-order valence-electron chi connectivity index (χ0n) is 21.3. The third-order valence-corrected chi connectivity index (χ3v) is 7.67. The SMILES string of the molecule is C=C1N(Cc2nc3ccc(Cl)cc3n2NC(=O)NC)c2cnccc2C12CCC(C(=O)OC(C)C)CC2. The maximum Gasteiger partial charge on any atom is 0.333 e. The van der Waals surface area contributed by atoms with Crippen molar-refractivity contribution in [2.75, 3.05) is 17.4 Å². The van der Waals surface area contributed by atoms with E-state index in [2.05, 4.69) is 33.3 Å². The molecule has 9 nitrogen and oxygen atoms in total. The van der Waals surface area contributed by atoms with Gasteiger partial charge in [-0.2, -0.15) is 0 Å². The third kappa shape index (κ3) is 4.41. The number of amides is 2. The average Bonchev–Trinajstić information content (AvgIpc) is 3.32. The largest absolute Gasteiger partial charge is 0.463 e. The van der Waals surface area contributed by atoms with Gasteiger partial charge in [-0.1, -0.05) is 18.2 Å². The highest BCUT2D eigenvalue weighted by Gasteiger charge is 2.49. The lowest BCUT2D eigenvalue weighted by molar-refractivity contribution is -0.153. The van der Waals surface area contributed by atoms with Gasteiger partial charge in [0, 0.05) is 29.4 Å². The lowest BCUT2D eigenvalue weighted by atomic mass is 9.66. The van der Waals surface area contributed by atoms with Crippen LogP contribution in [0.15, 0.2) is 48.9 Å². The third-order valence-electron chi connectivity index (χ3n) is 7.43. The summed E-state index contributed by atoms with van der Waals surface area (Å²) in [7, 11) is 1.56. The maximum absolute atomic E-state index is 12.6. The van der Waals surface area contributed by atoms with Gasteiger partial charge in [0.05, 0.1) is 41.5 Å². The average molecular weight is 523 g/mol. The van der Waals surface area contributed by atoms with Crippen LogP contribution in [0.25, 0.3) is 11.0 Å². The number of fused-ring (bicyclic) bond motifs is 3. The number of allylic oxidation sites excluding steroid dienone is 1. The van der Waals surface area contributed by atoms with Crippen LogP contribution in [0.4, 0.5) is 10.5 Å². The number of imidazole rings is 1. The van der Waals surface area contributed by atoms with E-state index in [9.17, 15) is 9.59 Å². The minimum absolute atomic E-state index is 0.106. The monoisotopic (exact) mass is 522 g/mol. The minimum atomic E-state index is -0.370. The first-order chi connectivity index (χ1) is 17.7. The number of pyridine rings is 1. The van der Waals surface area contributed by atoms with Gasteiger partial charge in [0.15, 0.2) is 0 Å². The molecule has 2 amide bonds. The Hall–Kier alpha value is -3.59. The van der Waals surface area contributed by atoms with Gasteiger partial charge in [-0.05, 0) is 69.4 Å². The molecule has 1 saturated carbocycles. The molecule has 194 valence electrons. The van der Waals surface area contributed by atoms with Crippen LogP contribution >= 0.6 is 11.6 Å². The number of aromatic nitrogens is 3. The molecule has 1 spiro atoms. The summed E-state index contributed by atoms with van der Waals surface area (Å²) >= 11 is 6.25. The number of hydrogen-bond donors (Lipinski definition) is 2.